The fraction of sp³-hybridized carbons (Fsp3) is 0.500. The number of carbonyl (C=O) groups is 1. The van der Waals surface area contributed by atoms with Gasteiger partial charge in [0, 0.05) is 18.1 Å². The molecule has 0 atom stereocenters. The van der Waals surface area contributed by atoms with Gasteiger partial charge < -0.3 is 9.84 Å². The fourth-order valence-electron chi connectivity index (χ4n) is 3.56. The van der Waals surface area contributed by atoms with Gasteiger partial charge in [0.2, 0.25) is 0 Å². The van der Waals surface area contributed by atoms with E-state index in [1.165, 1.54) is 6.08 Å². The minimum Gasteiger partial charge on any atom is -0.507 e. The van der Waals surface area contributed by atoms with Crippen LogP contribution >= 0.6 is 0 Å². The summed E-state index contributed by atoms with van der Waals surface area (Å²) in [6.07, 6.45) is 1.65. The third-order valence-corrected chi connectivity index (χ3v) is 5.01. The summed E-state index contributed by atoms with van der Waals surface area (Å²) in [6.45, 7) is 28.2. The Labute approximate surface area is 202 Å². The average Bonchev–Trinajstić information content (AvgIpc) is 2.73. The first-order valence-electron chi connectivity index (χ1n) is 12.0. The number of ether oxygens (including phenoxy) is 1. The van der Waals surface area contributed by atoms with Crippen LogP contribution in [0.3, 0.4) is 0 Å². The highest BCUT2D eigenvalue weighted by atomic mass is 16.5. The maximum Gasteiger partial charge on any atom is 0.335 e. The highest BCUT2D eigenvalue weighted by Crippen LogP contribution is 2.40. The van der Waals surface area contributed by atoms with E-state index < -0.39 is 5.97 Å². The Morgan fingerprint density at radius 3 is 1.70 bits per heavy atom. The summed E-state index contributed by atoms with van der Waals surface area (Å²) < 4.78 is 5.71. The van der Waals surface area contributed by atoms with Crippen LogP contribution in [-0.4, -0.2) is 11.1 Å². The van der Waals surface area contributed by atoms with Gasteiger partial charge >= 0.3 is 5.97 Å². The number of esters is 1. The van der Waals surface area contributed by atoms with E-state index in [0.29, 0.717) is 17.9 Å². The number of carbonyl (C=O) groups excluding carboxylic acids is 1. The number of hydrogen-bond acceptors (Lipinski definition) is 3. The Hall–Kier alpha value is -2.55. The van der Waals surface area contributed by atoms with Gasteiger partial charge in [-0.1, -0.05) is 111 Å². The number of rotatable bonds is 4. The van der Waals surface area contributed by atoms with Crippen LogP contribution in [0.1, 0.15) is 103 Å². The van der Waals surface area contributed by atoms with Gasteiger partial charge in [0.05, 0.1) is 0 Å². The first kappa shape index (κ1) is 30.4. The molecule has 0 heterocycles. The van der Waals surface area contributed by atoms with E-state index in [1.807, 2.05) is 59.7 Å². The van der Waals surface area contributed by atoms with Gasteiger partial charge in [-0.25, -0.2) is 4.79 Å². The number of aromatic hydroxyl groups is 1. The summed E-state index contributed by atoms with van der Waals surface area (Å²) in [5.74, 6) is 0.388. The second-order valence-electron chi connectivity index (χ2n) is 9.92. The first-order chi connectivity index (χ1) is 15.2. The third kappa shape index (κ3) is 8.38. The van der Waals surface area contributed by atoms with Gasteiger partial charge in [0.15, 0.2) is 0 Å². The summed E-state index contributed by atoms with van der Waals surface area (Å²) in [5, 5.41) is 11.0. The highest BCUT2D eigenvalue weighted by molar-refractivity contribution is 5.84. The zero-order valence-corrected chi connectivity index (χ0v) is 23.1. The summed E-state index contributed by atoms with van der Waals surface area (Å²) in [7, 11) is 0. The number of aryl methyl sites for hydroxylation is 2. The molecule has 0 amide bonds. The quantitative estimate of drug-likeness (QED) is 0.287. The Bertz CT molecular complexity index is 938. The number of hydrogen-bond donors (Lipinski definition) is 1. The molecule has 2 aromatic rings. The zero-order valence-electron chi connectivity index (χ0n) is 23.1. The molecule has 0 bridgehead atoms. The molecule has 0 radical (unpaired) electrons. The average molecular weight is 455 g/mol. The second kappa shape index (κ2) is 12.6. The molecule has 2 aromatic carbocycles. The number of phenolic OH excluding ortho intramolecular Hbond substituents is 1. The van der Waals surface area contributed by atoms with E-state index >= 15 is 0 Å². The Morgan fingerprint density at radius 1 is 0.848 bits per heavy atom. The SMILES string of the molecule is C=CC(=O)Oc1c(Cc2cc(C)cc(C(C)(C)C)c2O)cc(C)cc1C(C)(C)C.CC.CC. The van der Waals surface area contributed by atoms with E-state index in [4.69, 9.17) is 4.74 Å². The molecule has 0 fully saturated rings. The summed E-state index contributed by atoms with van der Waals surface area (Å²) >= 11 is 0. The van der Waals surface area contributed by atoms with Crippen LogP contribution in [0.15, 0.2) is 36.9 Å². The maximum atomic E-state index is 12.1. The smallest absolute Gasteiger partial charge is 0.335 e. The Morgan fingerprint density at radius 2 is 1.27 bits per heavy atom. The van der Waals surface area contributed by atoms with E-state index in [2.05, 4.69) is 54.2 Å². The lowest BCUT2D eigenvalue weighted by molar-refractivity contribution is -0.129. The molecule has 0 aromatic heterocycles. The summed E-state index contributed by atoms with van der Waals surface area (Å²) in [5.41, 5.74) is 5.39. The van der Waals surface area contributed by atoms with Gasteiger partial charge in [0.1, 0.15) is 11.5 Å². The molecule has 3 heteroatoms. The van der Waals surface area contributed by atoms with Crippen LogP contribution in [0.5, 0.6) is 11.5 Å². The van der Waals surface area contributed by atoms with Crippen LogP contribution in [-0.2, 0) is 22.0 Å². The van der Waals surface area contributed by atoms with Crippen molar-refractivity contribution in [2.24, 2.45) is 0 Å². The Balaban J connectivity index is 0.00000242. The van der Waals surface area contributed by atoms with Gasteiger partial charge in [-0.3, -0.25) is 0 Å². The lowest BCUT2D eigenvalue weighted by Crippen LogP contribution is -2.17. The van der Waals surface area contributed by atoms with Crippen molar-refractivity contribution in [3.8, 4) is 11.5 Å². The molecule has 0 saturated carbocycles. The first-order valence-corrected chi connectivity index (χ1v) is 12.0. The van der Waals surface area contributed by atoms with Crippen molar-refractivity contribution in [2.45, 2.75) is 100 Å². The molecule has 33 heavy (non-hydrogen) atoms. The number of phenols is 1. The van der Waals surface area contributed by atoms with Gasteiger partial charge in [-0.05, 0) is 41.4 Å². The molecular weight excluding hydrogens is 408 g/mol. The molecule has 0 aliphatic carbocycles. The van der Waals surface area contributed by atoms with Crippen molar-refractivity contribution >= 4 is 5.97 Å². The lowest BCUT2D eigenvalue weighted by atomic mass is 9.81. The van der Waals surface area contributed by atoms with Crippen LogP contribution in [0.2, 0.25) is 0 Å². The molecule has 1 N–H and O–H groups in total. The minimum absolute atomic E-state index is 0.174. The molecule has 2 rings (SSSR count). The van der Waals surface area contributed by atoms with E-state index in [0.717, 1.165) is 33.4 Å². The molecule has 0 saturated heterocycles. The van der Waals surface area contributed by atoms with Crippen molar-refractivity contribution in [2.75, 3.05) is 0 Å². The summed E-state index contributed by atoms with van der Waals surface area (Å²) in [4.78, 5) is 12.1. The predicted molar refractivity (Wildman–Crippen MR) is 143 cm³/mol. The molecule has 0 unspecified atom stereocenters. The van der Waals surface area contributed by atoms with Gasteiger partial charge in [-0.15, -0.1) is 0 Å². The van der Waals surface area contributed by atoms with E-state index in [-0.39, 0.29) is 10.8 Å². The van der Waals surface area contributed by atoms with Crippen molar-refractivity contribution in [1.82, 2.24) is 0 Å². The van der Waals surface area contributed by atoms with E-state index in [9.17, 15) is 9.90 Å². The summed E-state index contributed by atoms with van der Waals surface area (Å²) in [6, 6.07) is 8.13. The molecule has 3 nitrogen and oxygen atoms in total. The van der Waals surface area contributed by atoms with Gasteiger partial charge in [-0.2, -0.15) is 0 Å². The fourth-order valence-corrected chi connectivity index (χ4v) is 3.56. The van der Waals surface area contributed by atoms with Crippen molar-refractivity contribution in [3.05, 3.63) is 70.3 Å². The normalized spacial score (nSPS) is 10.9. The van der Waals surface area contributed by atoms with Crippen LogP contribution in [0, 0.1) is 13.8 Å². The van der Waals surface area contributed by atoms with Crippen LogP contribution in [0.4, 0.5) is 0 Å². The molecule has 0 spiro atoms. The predicted octanol–water partition coefficient (Wildman–Crippen LogP) is 8.34. The van der Waals surface area contributed by atoms with Crippen molar-refractivity contribution in [1.29, 1.82) is 0 Å². The minimum atomic E-state index is -0.482. The molecule has 0 aliphatic rings. The van der Waals surface area contributed by atoms with Crippen LogP contribution < -0.4 is 4.74 Å². The standard InChI is InChI=1S/C26H34O3.2C2H6/c1-10-22(27)29-24-19(12-17(3)14-21(24)26(7,8)9)15-18-11-16(2)13-20(23(18)28)25(4,5)6;2*1-2/h10-14,28H,1,15H2,2-9H3;2*1-2H3. The zero-order chi connectivity index (χ0) is 26.1. The monoisotopic (exact) mass is 454 g/mol. The largest absolute Gasteiger partial charge is 0.507 e. The van der Waals surface area contributed by atoms with Crippen molar-refractivity contribution < 1.29 is 14.6 Å². The molecular formula is C30H46O3. The molecule has 0 aliphatic heterocycles. The lowest BCUT2D eigenvalue weighted by Gasteiger charge is -2.26. The Kier molecular flexibility index (Phi) is 11.7. The topological polar surface area (TPSA) is 46.5 Å². The van der Waals surface area contributed by atoms with Crippen molar-refractivity contribution in [3.63, 3.8) is 0 Å². The van der Waals surface area contributed by atoms with Gasteiger partial charge in [0.25, 0.3) is 0 Å². The second-order valence-corrected chi connectivity index (χ2v) is 9.92. The molecule has 184 valence electrons. The van der Waals surface area contributed by atoms with E-state index in [1.54, 1.807) is 0 Å². The third-order valence-electron chi connectivity index (χ3n) is 5.01. The highest BCUT2D eigenvalue weighted by Gasteiger charge is 2.25. The maximum absolute atomic E-state index is 12.1. The number of benzene rings is 2. The van der Waals surface area contributed by atoms with Crippen LogP contribution in [0.25, 0.3) is 0 Å².